The van der Waals surface area contributed by atoms with Gasteiger partial charge in [-0.1, -0.05) is 32.0 Å². The molecule has 0 bridgehead atoms. The number of nitrogens with zero attached hydrogens (tertiary/aromatic N) is 3. The van der Waals surface area contributed by atoms with Gasteiger partial charge in [-0.05, 0) is 48.6 Å². The highest BCUT2D eigenvalue weighted by molar-refractivity contribution is 6.07. The van der Waals surface area contributed by atoms with Crippen LogP contribution in [-0.4, -0.2) is 53.9 Å². The fourth-order valence-electron chi connectivity index (χ4n) is 4.63. The lowest BCUT2D eigenvalue weighted by Gasteiger charge is -2.36. The minimum atomic E-state index is -1.12. The summed E-state index contributed by atoms with van der Waals surface area (Å²) in [4.78, 5) is 46.0. The van der Waals surface area contributed by atoms with Crippen LogP contribution in [0.5, 0.6) is 0 Å². The molecule has 4 rings (SSSR count). The minimum Gasteiger partial charge on any atom is -0.353 e. The minimum absolute atomic E-state index is 0.0386. The number of aryl methyl sites for hydroxylation is 2. The highest BCUT2D eigenvalue weighted by Crippen LogP contribution is 2.33. The first-order valence-electron chi connectivity index (χ1n) is 10.9. The number of aromatic nitrogens is 1. The molecule has 2 saturated heterocycles. The fraction of sp³-hybridized carbons (Fsp3) is 0.417. The van der Waals surface area contributed by atoms with E-state index in [0.29, 0.717) is 24.2 Å². The van der Waals surface area contributed by atoms with Crippen molar-refractivity contribution in [3.8, 4) is 0 Å². The molecule has 3 heterocycles. The van der Waals surface area contributed by atoms with Crippen molar-refractivity contribution in [1.29, 1.82) is 0 Å². The third kappa shape index (κ3) is 3.70. The Morgan fingerprint density at radius 3 is 2.25 bits per heavy atom. The van der Waals surface area contributed by atoms with E-state index in [9.17, 15) is 14.4 Å². The summed E-state index contributed by atoms with van der Waals surface area (Å²) in [6.07, 6.45) is 1.87. The van der Waals surface area contributed by atoms with E-state index in [4.69, 9.17) is 0 Å². The van der Waals surface area contributed by atoms with Gasteiger partial charge in [-0.25, -0.2) is 9.78 Å². The van der Waals surface area contributed by atoms with Crippen molar-refractivity contribution in [2.45, 2.75) is 33.2 Å². The number of amides is 4. The summed E-state index contributed by atoms with van der Waals surface area (Å²) in [6, 6.07) is 8.61. The van der Waals surface area contributed by atoms with Crippen LogP contribution in [0, 0.1) is 19.8 Å². The molecule has 0 saturated carbocycles. The molecule has 8 nitrogen and oxygen atoms in total. The zero-order chi connectivity index (χ0) is 23.0. The van der Waals surface area contributed by atoms with Crippen LogP contribution in [0.3, 0.4) is 0 Å². The third-order valence-electron chi connectivity index (χ3n) is 6.40. The van der Waals surface area contributed by atoms with Crippen molar-refractivity contribution in [3.05, 3.63) is 58.8 Å². The number of hydrogen-bond acceptors (Lipinski definition) is 5. The topological polar surface area (TPSA) is 94.6 Å². The Labute approximate surface area is 188 Å². The van der Waals surface area contributed by atoms with Crippen LogP contribution in [0.1, 0.15) is 40.9 Å². The lowest BCUT2D eigenvalue weighted by molar-refractivity contribution is -0.125. The van der Waals surface area contributed by atoms with Gasteiger partial charge in [-0.2, -0.15) is 0 Å². The molecule has 1 unspecified atom stereocenters. The molecule has 1 aromatic carbocycles. The highest BCUT2D eigenvalue weighted by Gasteiger charge is 2.50. The predicted molar refractivity (Wildman–Crippen MR) is 121 cm³/mol. The standard InChI is InChI=1S/C24H29N5O3/c1-15(2)24(22(31)26-23(32)27-24)19-7-5-18(6-8-19)21(30)29-11-9-28(10-12-29)20-17(4)13-16(3)14-25-20/h5-8,13-15H,9-12H2,1-4H3,(H2,26,27,31,32). The SMILES string of the molecule is Cc1cnc(N2CCN(C(=O)c3ccc(C4(C(C)C)NC(=O)NC4=O)cc3)CC2)c(C)c1. The molecule has 2 aromatic rings. The monoisotopic (exact) mass is 435 g/mol. The molecule has 0 aliphatic carbocycles. The van der Waals surface area contributed by atoms with Gasteiger partial charge >= 0.3 is 6.03 Å². The Kier molecular flexibility index (Phi) is 5.62. The molecule has 2 N–H and O–H groups in total. The van der Waals surface area contributed by atoms with Crippen LogP contribution in [0.15, 0.2) is 36.5 Å². The molecule has 2 fully saturated rings. The van der Waals surface area contributed by atoms with Crippen LogP contribution in [0.2, 0.25) is 0 Å². The van der Waals surface area contributed by atoms with Gasteiger partial charge in [-0.3, -0.25) is 14.9 Å². The van der Waals surface area contributed by atoms with E-state index in [1.807, 2.05) is 31.9 Å². The van der Waals surface area contributed by atoms with E-state index in [1.165, 1.54) is 0 Å². The van der Waals surface area contributed by atoms with Crippen molar-refractivity contribution in [2.24, 2.45) is 5.92 Å². The zero-order valence-corrected chi connectivity index (χ0v) is 18.9. The number of imide groups is 1. The smallest absolute Gasteiger partial charge is 0.322 e. The first-order valence-corrected chi connectivity index (χ1v) is 10.9. The van der Waals surface area contributed by atoms with E-state index in [2.05, 4.69) is 33.5 Å². The lowest BCUT2D eigenvalue weighted by atomic mass is 9.79. The molecule has 32 heavy (non-hydrogen) atoms. The molecule has 8 heteroatoms. The summed E-state index contributed by atoms with van der Waals surface area (Å²) >= 11 is 0. The largest absolute Gasteiger partial charge is 0.353 e. The molecular weight excluding hydrogens is 406 g/mol. The highest BCUT2D eigenvalue weighted by atomic mass is 16.2. The van der Waals surface area contributed by atoms with Crippen molar-refractivity contribution in [3.63, 3.8) is 0 Å². The Morgan fingerprint density at radius 2 is 1.72 bits per heavy atom. The van der Waals surface area contributed by atoms with Gasteiger partial charge in [0.05, 0.1) is 0 Å². The Balaban J connectivity index is 1.46. The van der Waals surface area contributed by atoms with Crippen molar-refractivity contribution < 1.29 is 14.4 Å². The van der Waals surface area contributed by atoms with Gasteiger partial charge < -0.3 is 15.1 Å². The van der Waals surface area contributed by atoms with Gasteiger partial charge in [0.2, 0.25) is 0 Å². The molecule has 0 spiro atoms. The summed E-state index contributed by atoms with van der Waals surface area (Å²) in [7, 11) is 0. The average Bonchev–Trinajstić information content (AvgIpc) is 3.08. The maximum Gasteiger partial charge on any atom is 0.322 e. The maximum absolute atomic E-state index is 13.1. The number of urea groups is 1. The average molecular weight is 436 g/mol. The third-order valence-corrected chi connectivity index (χ3v) is 6.40. The van der Waals surface area contributed by atoms with E-state index in [1.54, 1.807) is 24.3 Å². The van der Waals surface area contributed by atoms with Gasteiger partial charge in [0.25, 0.3) is 11.8 Å². The number of pyridine rings is 1. The quantitative estimate of drug-likeness (QED) is 0.719. The van der Waals surface area contributed by atoms with Gasteiger partial charge in [0.1, 0.15) is 11.4 Å². The number of hydrogen-bond donors (Lipinski definition) is 2. The number of rotatable bonds is 4. The van der Waals surface area contributed by atoms with Crippen LogP contribution in [0.25, 0.3) is 0 Å². The van der Waals surface area contributed by atoms with Gasteiger partial charge in [-0.15, -0.1) is 0 Å². The maximum atomic E-state index is 13.1. The van der Waals surface area contributed by atoms with Crippen molar-refractivity contribution >= 4 is 23.7 Å². The second kappa shape index (κ2) is 8.26. The first-order chi connectivity index (χ1) is 15.2. The first kappa shape index (κ1) is 21.8. The zero-order valence-electron chi connectivity index (χ0n) is 18.9. The molecular formula is C24H29N5O3. The number of anilines is 1. The summed E-state index contributed by atoms with van der Waals surface area (Å²) in [5.74, 6) is 0.418. The summed E-state index contributed by atoms with van der Waals surface area (Å²) in [5, 5.41) is 5.09. The van der Waals surface area contributed by atoms with Crippen molar-refractivity contribution in [1.82, 2.24) is 20.5 Å². The van der Waals surface area contributed by atoms with Crippen LogP contribution in [-0.2, 0) is 10.3 Å². The molecule has 0 radical (unpaired) electrons. The summed E-state index contributed by atoms with van der Waals surface area (Å²) in [5.41, 5.74) is 2.39. The number of benzene rings is 1. The Bertz CT molecular complexity index is 1060. The lowest BCUT2D eigenvalue weighted by Crippen LogP contribution is -2.49. The van der Waals surface area contributed by atoms with Crippen LogP contribution < -0.4 is 15.5 Å². The second-order valence-corrected chi connectivity index (χ2v) is 8.88. The van der Waals surface area contributed by atoms with Crippen LogP contribution in [0.4, 0.5) is 10.6 Å². The summed E-state index contributed by atoms with van der Waals surface area (Å²) < 4.78 is 0. The number of nitrogens with one attached hydrogen (secondary N) is 2. The Morgan fingerprint density at radius 1 is 1.06 bits per heavy atom. The fourth-order valence-corrected chi connectivity index (χ4v) is 4.63. The van der Waals surface area contributed by atoms with E-state index in [0.717, 1.165) is 30.0 Å². The molecule has 4 amide bonds. The Hall–Kier alpha value is -3.42. The van der Waals surface area contributed by atoms with Gasteiger partial charge in [0.15, 0.2) is 0 Å². The number of carbonyl (C=O) groups excluding carboxylic acids is 3. The van der Waals surface area contributed by atoms with E-state index < -0.39 is 11.6 Å². The number of carbonyl (C=O) groups is 3. The molecule has 1 atom stereocenters. The molecule has 168 valence electrons. The molecule has 2 aliphatic heterocycles. The molecule has 1 aromatic heterocycles. The molecule has 2 aliphatic rings. The van der Waals surface area contributed by atoms with E-state index in [-0.39, 0.29) is 17.7 Å². The predicted octanol–water partition coefficient (Wildman–Crippen LogP) is 2.35. The van der Waals surface area contributed by atoms with Crippen LogP contribution >= 0.6 is 0 Å². The number of piperazine rings is 1. The van der Waals surface area contributed by atoms with Crippen molar-refractivity contribution in [2.75, 3.05) is 31.1 Å². The summed E-state index contributed by atoms with van der Waals surface area (Å²) in [6.45, 7) is 10.5. The van der Waals surface area contributed by atoms with E-state index >= 15 is 0 Å². The second-order valence-electron chi connectivity index (χ2n) is 8.88. The normalized spacial score (nSPS) is 21.0. The van der Waals surface area contributed by atoms with Gasteiger partial charge in [0, 0.05) is 37.9 Å².